The smallest absolute Gasteiger partial charge is 0.410 e. The van der Waals surface area contributed by atoms with Gasteiger partial charge in [-0.05, 0) is 84.9 Å². The number of hydrogen-bond donors (Lipinski definition) is 2. The van der Waals surface area contributed by atoms with Gasteiger partial charge in [-0.15, -0.1) is 0 Å². The molecule has 2 heterocycles. The van der Waals surface area contributed by atoms with Crippen LogP contribution in [0.25, 0.3) is 0 Å². The van der Waals surface area contributed by atoms with Gasteiger partial charge in [-0.25, -0.2) is 23.2 Å². The van der Waals surface area contributed by atoms with E-state index in [1.54, 1.807) is 65.8 Å². The van der Waals surface area contributed by atoms with Crippen LogP contribution in [0.3, 0.4) is 0 Å². The number of carbonyl (C=O) groups is 4. The van der Waals surface area contributed by atoms with Crippen molar-refractivity contribution in [3.05, 3.63) is 61.2 Å². The minimum Gasteiger partial charge on any atom is -0.481 e. The molecule has 2 saturated heterocycles. The van der Waals surface area contributed by atoms with Crippen molar-refractivity contribution in [1.29, 1.82) is 0 Å². The van der Waals surface area contributed by atoms with Crippen molar-refractivity contribution >= 4 is 24.2 Å². The van der Waals surface area contributed by atoms with Crippen molar-refractivity contribution in [3.63, 3.8) is 0 Å². The first-order chi connectivity index (χ1) is 22.9. The third-order valence-corrected chi connectivity index (χ3v) is 8.04. The van der Waals surface area contributed by atoms with Gasteiger partial charge in [0.2, 0.25) is 0 Å². The molecule has 2 aliphatic heterocycles. The normalized spacial score (nSPS) is 21.5. The molecule has 280 valence electrons. The molecule has 0 radical (unpaired) electrons. The summed E-state index contributed by atoms with van der Waals surface area (Å²) in [4.78, 5) is 50.3. The number of amides is 3. The number of halogens is 4. The van der Waals surface area contributed by atoms with E-state index in [1.807, 2.05) is 6.07 Å². The van der Waals surface area contributed by atoms with Crippen molar-refractivity contribution in [3.8, 4) is 0 Å². The van der Waals surface area contributed by atoms with Crippen molar-refractivity contribution in [2.75, 3.05) is 26.2 Å². The molecule has 0 aliphatic carbocycles. The predicted octanol–water partition coefficient (Wildman–Crippen LogP) is 7.41. The molecular weight excluding hydrogens is 666 g/mol. The number of aliphatic carboxylic acids is 1. The Bertz CT molecular complexity index is 1380. The molecule has 3 amide bonds. The summed E-state index contributed by atoms with van der Waals surface area (Å²) < 4.78 is 73.3. The molecule has 0 aromatic heterocycles. The van der Waals surface area contributed by atoms with Crippen LogP contribution >= 0.6 is 0 Å². The van der Waals surface area contributed by atoms with E-state index < -0.39 is 71.3 Å². The molecule has 15 heteroatoms. The number of alkyl carbamates (subject to hydrolysis) is 1. The summed E-state index contributed by atoms with van der Waals surface area (Å²) in [6.07, 6.45) is -1.48. The lowest BCUT2D eigenvalue weighted by atomic mass is 9.74. The molecule has 1 aromatic carbocycles. The average molecular weight is 716 g/mol. The zero-order chi connectivity index (χ0) is 38.2. The van der Waals surface area contributed by atoms with Gasteiger partial charge in [0, 0.05) is 19.6 Å². The van der Waals surface area contributed by atoms with Gasteiger partial charge in [-0.1, -0.05) is 43.5 Å². The number of carbonyl (C=O) groups excluding carboxylic acids is 3. The molecule has 0 bridgehead atoms. The fraction of sp³-hybridized carbons (Fsp3) is 0.600. The van der Waals surface area contributed by atoms with Crippen LogP contribution < -0.4 is 5.32 Å². The number of nitrogens with one attached hydrogen (secondary N) is 1. The number of rotatable bonds is 8. The van der Waals surface area contributed by atoms with E-state index in [0.29, 0.717) is 12.2 Å². The molecule has 2 aliphatic rings. The zero-order valence-electron chi connectivity index (χ0n) is 29.5. The topological polar surface area (TPSA) is 135 Å². The van der Waals surface area contributed by atoms with E-state index in [4.69, 9.17) is 14.2 Å². The number of likely N-dealkylation sites (tertiary alicyclic amines) is 2. The summed E-state index contributed by atoms with van der Waals surface area (Å²) in [5.41, 5.74) is -5.20. The lowest BCUT2D eigenvalue weighted by Crippen LogP contribution is -2.68. The van der Waals surface area contributed by atoms with Crippen LogP contribution in [0.4, 0.5) is 31.9 Å². The summed E-state index contributed by atoms with van der Waals surface area (Å²) in [7, 11) is 0. The molecule has 0 saturated carbocycles. The molecule has 1 aromatic rings. The highest BCUT2D eigenvalue weighted by Crippen LogP contribution is 2.45. The molecule has 2 atom stereocenters. The van der Waals surface area contributed by atoms with E-state index in [1.165, 1.54) is 4.90 Å². The Labute approximate surface area is 290 Å². The fourth-order valence-corrected chi connectivity index (χ4v) is 5.47. The highest BCUT2D eigenvalue weighted by Gasteiger charge is 2.60. The molecule has 0 spiro atoms. The standard InChI is InChI=1S/C21H28F2N2O4.C14H21F2NO4/c1-5-21(22,23)20(24-17(26)28-14-16-10-7-6-8-11-16)12-9-13-25(15-20)18(27)29-19(2,3)4;1-5-14(15,16)13(10(18)19)7-6-8-17(9-13)11(20)21-12(2,3)4/h5-8,10-11H,1,9,12-15H2,2-4H3,(H,24,26);5H,1,6-9H2,2-4H3,(H,18,19). The first-order valence-corrected chi connectivity index (χ1v) is 16.1. The quantitative estimate of drug-likeness (QED) is 0.161. The monoisotopic (exact) mass is 715 g/mol. The van der Waals surface area contributed by atoms with Crippen LogP contribution in [0.1, 0.15) is 72.8 Å². The predicted molar refractivity (Wildman–Crippen MR) is 177 cm³/mol. The van der Waals surface area contributed by atoms with Gasteiger partial charge >= 0.3 is 24.2 Å². The second-order valence-corrected chi connectivity index (χ2v) is 14.3. The van der Waals surface area contributed by atoms with Crippen molar-refractivity contribution in [2.45, 2.75) is 102 Å². The SMILES string of the molecule is C=CC(F)(F)C1(C(=O)O)CCCN(C(=O)OC(C)(C)C)C1.C=CC(F)(F)C1(NC(=O)OCc2ccccc2)CCCN(C(=O)OC(C)(C)C)C1. The molecule has 50 heavy (non-hydrogen) atoms. The van der Waals surface area contributed by atoms with E-state index in [0.717, 1.165) is 10.5 Å². The van der Waals surface area contributed by atoms with E-state index in [2.05, 4.69) is 18.5 Å². The summed E-state index contributed by atoms with van der Waals surface area (Å²) in [6, 6.07) is 8.89. The number of carboxylic acids is 1. The number of carboxylic acid groups (broad SMARTS) is 1. The van der Waals surface area contributed by atoms with Crippen molar-refractivity contribution < 1.29 is 56.1 Å². The van der Waals surface area contributed by atoms with Gasteiger partial charge in [-0.2, -0.15) is 8.78 Å². The molecule has 2 unspecified atom stereocenters. The lowest BCUT2D eigenvalue weighted by Gasteiger charge is -2.46. The average Bonchev–Trinajstić information content (AvgIpc) is 3.03. The highest BCUT2D eigenvalue weighted by atomic mass is 19.3. The fourth-order valence-electron chi connectivity index (χ4n) is 5.47. The highest BCUT2D eigenvalue weighted by molar-refractivity contribution is 5.79. The minimum absolute atomic E-state index is 0.0360. The number of ether oxygens (including phenoxy) is 3. The van der Waals surface area contributed by atoms with Gasteiger partial charge in [0.05, 0.1) is 6.54 Å². The Hall–Kier alpha value is -4.30. The number of piperidine rings is 2. The molecule has 2 N–H and O–H groups in total. The van der Waals surface area contributed by atoms with E-state index in [9.17, 15) is 41.8 Å². The lowest BCUT2D eigenvalue weighted by molar-refractivity contribution is -0.177. The number of alkyl halides is 4. The Kier molecular flexibility index (Phi) is 13.5. The zero-order valence-corrected chi connectivity index (χ0v) is 29.5. The first-order valence-electron chi connectivity index (χ1n) is 16.1. The Balaban J connectivity index is 0.000000366. The second kappa shape index (κ2) is 16.2. The van der Waals surface area contributed by atoms with Gasteiger partial charge in [-0.3, -0.25) is 4.79 Å². The summed E-state index contributed by atoms with van der Waals surface area (Å²) >= 11 is 0. The molecule has 11 nitrogen and oxygen atoms in total. The molecule has 3 rings (SSSR count). The largest absolute Gasteiger partial charge is 0.481 e. The Morgan fingerprint density at radius 2 is 1.30 bits per heavy atom. The van der Waals surface area contributed by atoms with Crippen molar-refractivity contribution in [1.82, 2.24) is 15.1 Å². The number of benzene rings is 1. The number of hydrogen-bond acceptors (Lipinski definition) is 7. The Morgan fingerprint density at radius 1 is 0.820 bits per heavy atom. The van der Waals surface area contributed by atoms with Crippen LogP contribution in [-0.4, -0.2) is 93.9 Å². The second-order valence-electron chi connectivity index (χ2n) is 14.3. The number of nitrogens with zero attached hydrogens (tertiary/aromatic N) is 2. The third-order valence-electron chi connectivity index (χ3n) is 8.04. The number of allylic oxidation sites excluding steroid dienone is 1. The van der Waals surface area contributed by atoms with Crippen LogP contribution in [0, 0.1) is 5.41 Å². The first kappa shape index (κ1) is 41.9. The maximum atomic E-state index is 14.8. The van der Waals surface area contributed by atoms with Gasteiger partial charge in [0.1, 0.15) is 23.3 Å². The van der Waals surface area contributed by atoms with Crippen LogP contribution in [0.2, 0.25) is 0 Å². The van der Waals surface area contributed by atoms with Crippen molar-refractivity contribution in [2.24, 2.45) is 5.41 Å². The van der Waals surface area contributed by atoms with Gasteiger partial charge in [0.15, 0.2) is 5.41 Å². The third kappa shape index (κ3) is 10.8. The molecular formula is C35H49F4N3O8. The van der Waals surface area contributed by atoms with E-state index >= 15 is 0 Å². The van der Waals surface area contributed by atoms with Crippen LogP contribution in [0.15, 0.2) is 55.6 Å². The summed E-state index contributed by atoms with van der Waals surface area (Å²) in [5.74, 6) is -8.71. The minimum atomic E-state index is -3.61. The van der Waals surface area contributed by atoms with Gasteiger partial charge < -0.3 is 34.4 Å². The Morgan fingerprint density at radius 3 is 1.76 bits per heavy atom. The maximum absolute atomic E-state index is 14.8. The molecule has 2 fully saturated rings. The van der Waals surface area contributed by atoms with Gasteiger partial charge in [0.25, 0.3) is 11.8 Å². The maximum Gasteiger partial charge on any atom is 0.410 e. The van der Waals surface area contributed by atoms with E-state index in [-0.39, 0.29) is 45.4 Å². The van der Waals surface area contributed by atoms with Crippen LogP contribution in [-0.2, 0) is 25.6 Å². The summed E-state index contributed by atoms with van der Waals surface area (Å²) in [6.45, 7) is 15.6. The van der Waals surface area contributed by atoms with Crippen LogP contribution in [0.5, 0.6) is 0 Å². The summed E-state index contributed by atoms with van der Waals surface area (Å²) in [5, 5.41) is 11.6.